The van der Waals surface area contributed by atoms with Gasteiger partial charge in [0.05, 0.1) is 5.75 Å². The third-order valence-electron chi connectivity index (χ3n) is 1.99. The number of nitrogens with one attached hydrogen (secondary N) is 1. The molecule has 14 heavy (non-hydrogen) atoms. The molecular weight excluding hydrogens is 222 g/mol. The van der Waals surface area contributed by atoms with Gasteiger partial charge in [-0.1, -0.05) is 27.2 Å². The topological polar surface area (TPSA) is 46.2 Å². The van der Waals surface area contributed by atoms with Crippen LogP contribution in [0.15, 0.2) is 0 Å². The van der Waals surface area contributed by atoms with E-state index in [9.17, 15) is 8.42 Å². The molecule has 3 nitrogen and oxygen atoms in total. The Hall–Kier alpha value is 0.200. The Labute approximate surface area is 92.3 Å². The summed E-state index contributed by atoms with van der Waals surface area (Å²) >= 11 is 5.93. The molecule has 0 heterocycles. The monoisotopic (exact) mass is 241 g/mol. The molecule has 1 N–H and O–H groups in total. The molecule has 0 fully saturated rings. The maximum Gasteiger partial charge on any atom is 0.211 e. The van der Waals surface area contributed by atoms with Crippen molar-refractivity contribution in [3.05, 3.63) is 0 Å². The van der Waals surface area contributed by atoms with Gasteiger partial charge in [-0.25, -0.2) is 13.1 Å². The number of unbranched alkanes of at least 4 members (excludes halogenated alkanes) is 1. The Morgan fingerprint density at radius 1 is 1.36 bits per heavy atom. The first-order valence-electron chi connectivity index (χ1n) is 5.00. The molecule has 0 aliphatic heterocycles. The summed E-state index contributed by atoms with van der Waals surface area (Å²) in [6, 6.07) is 0. The molecule has 1 atom stereocenters. The molecule has 0 radical (unpaired) electrons. The van der Waals surface area contributed by atoms with E-state index in [1.807, 2.05) is 20.8 Å². The van der Waals surface area contributed by atoms with Crippen LogP contribution in [0.2, 0.25) is 0 Å². The molecule has 0 rings (SSSR count). The average Bonchev–Trinajstić information content (AvgIpc) is 2.11. The highest BCUT2D eigenvalue weighted by molar-refractivity contribution is 7.89. The van der Waals surface area contributed by atoms with E-state index in [0.29, 0.717) is 13.0 Å². The van der Waals surface area contributed by atoms with Crippen molar-refractivity contribution in [2.24, 2.45) is 5.92 Å². The van der Waals surface area contributed by atoms with Crippen LogP contribution in [0.4, 0.5) is 0 Å². The Morgan fingerprint density at radius 3 is 2.36 bits per heavy atom. The second-order valence-corrected chi connectivity index (χ2v) is 6.27. The predicted molar refractivity (Wildman–Crippen MR) is 61.2 cm³/mol. The zero-order chi connectivity index (χ0) is 11.2. The molecule has 0 spiro atoms. The van der Waals surface area contributed by atoms with Crippen LogP contribution < -0.4 is 4.72 Å². The number of rotatable bonds is 7. The van der Waals surface area contributed by atoms with Crippen LogP contribution in [0.3, 0.4) is 0 Å². The van der Waals surface area contributed by atoms with E-state index in [0.717, 1.165) is 6.42 Å². The molecule has 0 aromatic carbocycles. The highest BCUT2D eigenvalue weighted by Gasteiger charge is 2.14. The summed E-state index contributed by atoms with van der Waals surface area (Å²) in [6.45, 7) is 6.23. The van der Waals surface area contributed by atoms with Crippen molar-refractivity contribution in [2.75, 3.05) is 12.3 Å². The van der Waals surface area contributed by atoms with Gasteiger partial charge in [0, 0.05) is 11.9 Å². The smallest absolute Gasteiger partial charge is 0.211 e. The molecule has 1 unspecified atom stereocenters. The van der Waals surface area contributed by atoms with E-state index >= 15 is 0 Å². The van der Waals surface area contributed by atoms with Crippen LogP contribution >= 0.6 is 11.6 Å². The van der Waals surface area contributed by atoms with E-state index < -0.39 is 10.0 Å². The first-order chi connectivity index (χ1) is 6.39. The van der Waals surface area contributed by atoms with Crippen LogP contribution in [0, 0.1) is 5.92 Å². The first kappa shape index (κ1) is 14.2. The maximum absolute atomic E-state index is 11.3. The van der Waals surface area contributed by atoms with Gasteiger partial charge in [-0.05, 0) is 12.3 Å². The van der Waals surface area contributed by atoms with Crippen LogP contribution in [-0.2, 0) is 10.0 Å². The number of hydrogen-bond acceptors (Lipinski definition) is 2. The van der Waals surface area contributed by atoms with Crippen LogP contribution in [0.5, 0.6) is 0 Å². The minimum absolute atomic E-state index is 0.133. The Kier molecular flexibility index (Phi) is 6.74. The molecule has 0 aliphatic rings. The Morgan fingerprint density at radius 2 is 1.93 bits per heavy atom. The minimum Gasteiger partial charge on any atom is -0.214 e. The van der Waals surface area contributed by atoms with Gasteiger partial charge in [0.1, 0.15) is 0 Å². The molecular formula is C9H20ClNO2S. The van der Waals surface area contributed by atoms with E-state index in [1.54, 1.807) is 0 Å². The summed E-state index contributed by atoms with van der Waals surface area (Å²) in [7, 11) is -3.11. The lowest BCUT2D eigenvalue weighted by Gasteiger charge is -2.14. The van der Waals surface area contributed by atoms with Crippen LogP contribution in [0.1, 0.15) is 33.6 Å². The van der Waals surface area contributed by atoms with E-state index in [1.165, 1.54) is 0 Å². The highest BCUT2D eigenvalue weighted by atomic mass is 35.5. The molecule has 0 saturated carbocycles. The lowest BCUT2D eigenvalue weighted by atomic mass is 10.1. The van der Waals surface area contributed by atoms with E-state index in [2.05, 4.69) is 4.72 Å². The number of hydrogen-bond donors (Lipinski definition) is 1. The molecule has 0 saturated heterocycles. The van der Waals surface area contributed by atoms with Gasteiger partial charge in [-0.2, -0.15) is 0 Å². The van der Waals surface area contributed by atoms with Gasteiger partial charge in [0.2, 0.25) is 10.0 Å². The van der Waals surface area contributed by atoms with Crippen LogP contribution in [0.25, 0.3) is 0 Å². The lowest BCUT2D eigenvalue weighted by Crippen LogP contribution is -2.33. The summed E-state index contributed by atoms with van der Waals surface area (Å²) in [4.78, 5) is 0. The summed E-state index contributed by atoms with van der Waals surface area (Å²) in [5, 5.41) is -0.133. The summed E-state index contributed by atoms with van der Waals surface area (Å²) in [5.74, 6) is 0.483. The van der Waals surface area contributed by atoms with Crippen molar-refractivity contribution in [3.63, 3.8) is 0 Å². The van der Waals surface area contributed by atoms with Gasteiger partial charge < -0.3 is 0 Å². The third-order valence-corrected chi connectivity index (χ3v) is 4.08. The number of alkyl halides is 1. The molecule has 86 valence electrons. The second kappa shape index (κ2) is 6.64. The maximum atomic E-state index is 11.3. The second-order valence-electron chi connectivity index (χ2n) is 3.78. The molecule has 0 aromatic rings. The third kappa shape index (κ3) is 6.62. The summed E-state index contributed by atoms with van der Waals surface area (Å²) < 4.78 is 25.2. The molecule has 0 aliphatic carbocycles. The van der Waals surface area contributed by atoms with Crippen LogP contribution in [-0.4, -0.2) is 26.1 Å². The SMILES string of the molecule is CCCCS(=O)(=O)NCC(Cl)C(C)C. The van der Waals surface area contributed by atoms with Crippen molar-refractivity contribution in [1.29, 1.82) is 0 Å². The number of sulfonamides is 1. The van der Waals surface area contributed by atoms with Crippen molar-refractivity contribution in [3.8, 4) is 0 Å². The number of halogens is 1. The standard InChI is InChI=1S/C9H20ClNO2S/c1-4-5-6-14(12,13)11-7-9(10)8(2)3/h8-9,11H,4-7H2,1-3H3. The lowest BCUT2D eigenvalue weighted by molar-refractivity contribution is 0.554. The minimum atomic E-state index is -3.11. The highest BCUT2D eigenvalue weighted by Crippen LogP contribution is 2.08. The predicted octanol–water partition coefficient (Wildman–Crippen LogP) is 1.97. The van der Waals surface area contributed by atoms with Gasteiger partial charge >= 0.3 is 0 Å². The Bertz CT molecular complexity index is 239. The van der Waals surface area contributed by atoms with Crippen molar-refractivity contribution in [1.82, 2.24) is 4.72 Å². The molecule has 0 amide bonds. The zero-order valence-corrected chi connectivity index (χ0v) is 10.7. The molecule has 0 aromatic heterocycles. The van der Waals surface area contributed by atoms with E-state index in [-0.39, 0.29) is 17.0 Å². The largest absolute Gasteiger partial charge is 0.214 e. The van der Waals surface area contributed by atoms with Crippen molar-refractivity contribution in [2.45, 2.75) is 39.0 Å². The Balaban J connectivity index is 3.87. The quantitative estimate of drug-likeness (QED) is 0.693. The van der Waals surface area contributed by atoms with Gasteiger partial charge in [0.25, 0.3) is 0 Å². The fraction of sp³-hybridized carbons (Fsp3) is 1.00. The van der Waals surface area contributed by atoms with Gasteiger partial charge in [-0.15, -0.1) is 11.6 Å². The molecule has 0 bridgehead atoms. The summed E-state index contributed by atoms with van der Waals surface area (Å²) in [5.41, 5.74) is 0. The average molecular weight is 242 g/mol. The van der Waals surface area contributed by atoms with Gasteiger partial charge in [0.15, 0.2) is 0 Å². The normalized spacial score (nSPS) is 14.6. The van der Waals surface area contributed by atoms with E-state index in [4.69, 9.17) is 11.6 Å². The van der Waals surface area contributed by atoms with Crippen molar-refractivity contribution < 1.29 is 8.42 Å². The molecule has 5 heteroatoms. The first-order valence-corrected chi connectivity index (χ1v) is 7.09. The summed E-state index contributed by atoms with van der Waals surface area (Å²) in [6.07, 6.45) is 1.58. The fourth-order valence-corrected chi connectivity index (χ4v) is 2.26. The van der Waals surface area contributed by atoms with Gasteiger partial charge in [-0.3, -0.25) is 0 Å². The van der Waals surface area contributed by atoms with Crippen molar-refractivity contribution >= 4 is 21.6 Å². The fourth-order valence-electron chi connectivity index (χ4n) is 0.849. The zero-order valence-electron chi connectivity index (χ0n) is 9.09.